The molecule has 2 heteroatoms. The van der Waals surface area contributed by atoms with Crippen LogP contribution in [0.3, 0.4) is 0 Å². The summed E-state index contributed by atoms with van der Waals surface area (Å²) in [7, 11) is 0. The standard InChI is InChI=1S/C20H21F2/c1-13-3-6-15(7-4-13)16-9-10-18(20(22)11-16)17-8-5-14(2)19(21)12-17/h5,8-13H,3-4,6-7H2,1-2H3. The Bertz CT molecular complexity index is 667. The molecule has 2 aromatic carbocycles. The van der Waals surface area contributed by atoms with Gasteiger partial charge >= 0.3 is 0 Å². The monoisotopic (exact) mass is 299 g/mol. The van der Waals surface area contributed by atoms with Crippen molar-refractivity contribution in [2.75, 3.05) is 0 Å². The van der Waals surface area contributed by atoms with Gasteiger partial charge in [-0.3, -0.25) is 0 Å². The molecule has 3 rings (SSSR count). The number of benzene rings is 2. The van der Waals surface area contributed by atoms with E-state index >= 15 is 0 Å². The van der Waals surface area contributed by atoms with Crippen molar-refractivity contribution in [2.24, 2.45) is 5.92 Å². The molecule has 0 heterocycles. The normalized spacial score (nSPS) is 16.9. The molecule has 0 amide bonds. The van der Waals surface area contributed by atoms with Gasteiger partial charge in [-0.2, -0.15) is 0 Å². The van der Waals surface area contributed by atoms with Gasteiger partial charge in [0.25, 0.3) is 0 Å². The summed E-state index contributed by atoms with van der Waals surface area (Å²) in [4.78, 5) is 0. The van der Waals surface area contributed by atoms with E-state index in [0.29, 0.717) is 16.7 Å². The first-order valence-electron chi connectivity index (χ1n) is 7.95. The molecule has 0 aromatic heterocycles. The van der Waals surface area contributed by atoms with Crippen molar-refractivity contribution in [3.05, 3.63) is 65.1 Å². The van der Waals surface area contributed by atoms with Gasteiger partial charge in [0.15, 0.2) is 0 Å². The van der Waals surface area contributed by atoms with Crippen LogP contribution in [0.25, 0.3) is 11.1 Å². The fraction of sp³-hybridized carbons (Fsp3) is 0.350. The predicted octanol–water partition coefficient (Wildman–Crippen LogP) is 6.07. The highest BCUT2D eigenvalue weighted by Gasteiger charge is 2.21. The molecular formula is C20H21F2. The van der Waals surface area contributed by atoms with Crippen molar-refractivity contribution in [3.8, 4) is 11.1 Å². The fourth-order valence-electron chi connectivity index (χ4n) is 3.13. The van der Waals surface area contributed by atoms with E-state index in [0.717, 1.165) is 24.3 Å². The first-order chi connectivity index (χ1) is 10.5. The topological polar surface area (TPSA) is 0 Å². The largest absolute Gasteiger partial charge is 0.207 e. The predicted molar refractivity (Wildman–Crippen MR) is 86.5 cm³/mol. The van der Waals surface area contributed by atoms with Crippen molar-refractivity contribution in [1.29, 1.82) is 0 Å². The molecule has 0 unspecified atom stereocenters. The Balaban J connectivity index is 1.87. The van der Waals surface area contributed by atoms with Gasteiger partial charge in [0, 0.05) is 11.5 Å². The minimum atomic E-state index is -0.295. The number of hydrogen-bond donors (Lipinski definition) is 0. The molecule has 1 aliphatic rings. The van der Waals surface area contributed by atoms with Crippen LogP contribution in [0.4, 0.5) is 8.78 Å². The van der Waals surface area contributed by atoms with E-state index in [9.17, 15) is 8.78 Å². The molecule has 1 radical (unpaired) electrons. The zero-order valence-electron chi connectivity index (χ0n) is 13.1. The Kier molecular flexibility index (Phi) is 4.28. The molecule has 0 spiro atoms. The average molecular weight is 299 g/mol. The van der Waals surface area contributed by atoms with Crippen molar-refractivity contribution in [1.82, 2.24) is 0 Å². The first-order valence-corrected chi connectivity index (χ1v) is 7.95. The van der Waals surface area contributed by atoms with Crippen molar-refractivity contribution in [2.45, 2.75) is 39.5 Å². The average Bonchev–Trinajstić information content (AvgIpc) is 2.51. The maximum atomic E-state index is 14.5. The van der Waals surface area contributed by atoms with Gasteiger partial charge in [-0.15, -0.1) is 0 Å². The lowest BCUT2D eigenvalue weighted by Gasteiger charge is -2.26. The van der Waals surface area contributed by atoms with Crippen LogP contribution in [-0.2, 0) is 0 Å². The first kappa shape index (κ1) is 15.2. The SMILES string of the molecule is Cc1ccc(-c2ccc([C]3CCC(C)CC3)cc2F)cc1F. The van der Waals surface area contributed by atoms with E-state index in [1.807, 2.05) is 6.07 Å². The summed E-state index contributed by atoms with van der Waals surface area (Å²) in [6.45, 7) is 3.98. The lowest BCUT2D eigenvalue weighted by Crippen LogP contribution is -2.11. The molecule has 1 fully saturated rings. The Morgan fingerprint density at radius 1 is 0.864 bits per heavy atom. The lowest BCUT2D eigenvalue weighted by molar-refractivity contribution is 0.416. The van der Waals surface area contributed by atoms with Crippen LogP contribution < -0.4 is 0 Å². The summed E-state index contributed by atoms with van der Waals surface area (Å²) in [6, 6.07) is 10.2. The quantitative estimate of drug-likeness (QED) is 0.631. The summed E-state index contributed by atoms with van der Waals surface area (Å²) >= 11 is 0. The summed E-state index contributed by atoms with van der Waals surface area (Å²) < 4.78 is 28.1. The third kappa shape index (κ3) is 3.06. The van der Waals surface area contributed by atoms with Crippen molar-refractivity contribution < 1.29 is 8.78 Å². The van der Waals surface area contributed by atoms with E-state index in [-0.39, 0.29) is 11.6 Å². The molecule has 115 valence electrons. The molecule has 0 N–H and O–H groups in total. The van der Waals surface area contributed by atoms with E-state index in [1.165, 1.54) is 24.8 Å². The van der Waals surface area contributed by atoms with Gasteiger partial charge in [-0.05, 0) is 67.3 Å². The van der Waals surface area contributed by atoms with E-state index in [4.69, 9.17) is 0 Å². The van der Waals surface area contributed by atoms with Gasteiger partial charge < -0.3 is 0 Å². The minimum absolute atomic E-state index is 0.271. The second-order valence-corrected chi connectivity index (χ2v) is 6.44. The molecule has 0 atom stereocenters. The second kappa shape index (κ2) is 6.20. The van der Waals surface area contributed by atoms with Crippen LogP contribution >= 0.6 is 0 Å². The molecular weight excluding hydrogens is 278 g/mol. The molecule has 1 aliphatic carbocycles. The Morgan fingerprint density at radius 2 is 1.50 bits per heavy atom. The van der Waals surface area contributed by atoms with Crippen LogP contribution in [0.2, 0.25) is 0 Å². The second-order valence-electron chi connectivity index (χ2n) is 6.44. The minimum Gasteiger partial charge on any atom is -0.207 e. The summed E-state index contributed by atoms with van der Waals surface area (Å²) in [5.74, 6) is 1.55. The highest BCUT2D eigenvalue weighted by molar-refractivity contribution is 5.65. The summed E-state index contributed by atoms with van der Waals surface area (Å²) in [6.07, 6.45) is 4.47. The number of aryl methyl sites for hydroxylation is 1. The molecule has 22 heavy (non-hydrogen) atoms. The van der Waals surface area contributed by atoms with Gasteiger partial charge in [-0.25, -0.2) is 8.78 Å². The van der Waals surface area contributed by atoms with Crippen LogP contribution in [0.1, 0.15) is 43.7 Å². The smallest absolute Gasteiger partial charge is 0.131 e. The van der Waals surface area contributed by atoms with E-state index in [2.05, 4.69) is 6.92 Å². The van der Waals surface area contributed by atoms with E-state index < -0.39 is 0 Å². The molecule has 0 saturated heterocycles. The van der Waals surface area contributed by atoms with Crippen molar-refractivity contribution >= 4 is 0 Å². The summed E-state index contributed by atoms with van der Waals surface area (Å²) in [5.41, 5.74) is 2.63. The Morgan fingerprint density at radius 3 is 2.14 bits per heavy atom. The third-order valence-corrected chi connectivity index (χ3v) is 4.74. The molecule has 2 aromatic rings. The van der Waals surface area contributed by atoms with Crippen LogP contribution in [0.15, 0.2) is 36.4 Å². The van der Waals surface area contributed by atoms with Gasteiger partial charge in [0.2, 0.25) is 0 Å². The lowest BCUT2D eigenvalue weighted by atomic mass is 9.79. The highest BCUT2D eigenvalue weighted by atomic mass is 19.1. The van der Waals surface area contributed by atoms with Crippen molar-refractivity contribution in [3.63, 3.8) is 0 Å². The fourth-order valence-corrected chi connectivity index (χ4v) is 3.13. The maximum absolute atomic E-state index is 14.5. The molecule has 0 nitrogen and oxygen atoms in total. The molecule has 0 aliphatic heterocycles. The van der Waals surface area contributed by atoms with Gasteiger partial charge in [0.05, 0.1) is 0 Å². The Labute approximate surface area is 131 Å². The molecule has 1 saturated carbocycles. The molecule has 0 bridgehead atoms. The van der Waals surface area contributed by atoms with E-state index in [1.54, 1.807) is 31.2 Å². The number of hydrogen-bond acceptors (Lipinski definition) is 0. The van der Waals surface area contributed by atoms with Crippen LogP contribution in [-0.4, -0.2) is 0 Å². The zero-order chi connectivity index (χ0) is 15.7. The highest BCUT2D eigenvalue weighted by Crippen LogP contribution is 2.36. The third-order valence-electron chi connectivity index (χ3n) is 4.74. The zero-order valence-corrected chi connectivity index (χ0v) is 13.1. The number of rotatable bonds is 2. The number of halogens is 2. The van der Waals surface area contributed by atoms with Crippen LogP contribution in [0.5, 0.6) is 0 Å². The van der Waals surface area contributed by atoms with Gasteiger partial charge in [0.1, 0.15) is 11.6 Å². The van der Waals surface area contributed by atoms with Crippen LogP contribution in [0, 0.1) is 30.4 Å². The summed E-state index contributed by atoms with van der Waals surface area (Å²) in [5, 5.41) is 0. The van der Waals surface area contributed by atoms with Gasteiger partial charge in [-0.1, -0.05) is 31.2 Å². The maximum Gasteiger partial charge on any atom is 0.131 e. The Hall–Kier alpha value is -1.70.